The summed E-state index contributed by atoms with van der Waals surface area (Å²) in [5, 5.41) is 13.4. The summed E-state index contributed by atoms with van der Waals surface area (Å²) in [5.41, 5.74) is 4.01. The summed E-state index contributed by atoms with van der Waals surface area (Å²) < 4.78 is 0. The number of nitrogens with zero attached hydrogens (tertiary/aromatic N) is 3. The van der Waals surface area contributed by atoms with Crippen molar-refractivity contribution in [3.05, 3.63) is 54.7 Å². The number of nitrogens with one attached hydrogen (secondary N) is 4. The van der Waals surface area contributed by atoms with Crippen LogP contribution >= 0.6 is 0 Å². The molecule has 25 heavy (non-hydrogen) atoms. The number of amides is 1. The summed E-state index contributed by atoms with van der Waals surface area (Å²) in [4.78, 5) is 23.4. The molecular formula is C17H15N7O. The summed E-state index contributed by atoms with van der Waals surface area (Å²) in [5.74, 6) is 0.275. The van der Waals surface area contributed by atoms with Gasteiger partial charge in [-0.2, -0.15) is 5.10 Å². The van der Waals surface area contributed by atoms with Gasteiger partial charge in [-0.1, -0.05) is 12.1 Å². The number of carbonyl (C=O) groups is 1. The highest BCUT2D eigenvalue weighted by Gasteiger charge is 2.08. The number of carbonyl (C=O) groups excluding carboxylic acids is 1. The van der Waals surface area contributed by atoms with Crippen LogP contribution in [0.25, 0.3) is 22.0 Å². The molecule has 3 heterocycles. The van der Waals surface area contributed by atoms with E-state index in [1.807, 2.05) is 24.4 Å². The molecule has 8 nitrogen and oxygen atoms in total. The van der Waals surface area contributed by atoms with E-state index in [0.29, 0.717) is 17.3 Å². The molecule has 0 aliphatic heterocycles. The van der Waals surface area contributed by atoms with E-state index in [-0.39, 0.29) is 5.91 Å². The van der Waals surface area contributed by atoms with E-state index in [2.05, 4.69) is 35.8 Å². The molecule has 0 bridgehead atoms. The van der Waals surface area contributed by atoms with Crippen LogP contribution in [0.4, 0.5) is 11.6 Å². The second kappa shape index (κ2) is 6.08. The van der Waals surface area contributed by atoms with E-state index in [4.69, 9.17) is 0 Å². The SMILES string of the molecule is CNC(=O)c1cc(Nc2ncc3ccc(-c4cn[nH]c4)cc3n2)c[nH]1. The van der Waals surface area contributed by atoms with Gasteiger partial charge < -0.3 is 15.6 Å². The molecule has 1 amide bonds. The summed E-state index contributed by atoms with van der Waals surface area (Å²) in [6.07, 6.45) is 7.05. The van der Waals surface area contributed by atoms with Gasteiger partial charge in [0.2, 0.25) is 5.95 Å². The molecule has 0 unspecified atom stereocenters. The van der Waals surface area contributed by atoms with Crippen molar-refractivity contribution in [3.63, 3.8) is 0 Å². The summed E-state index contributed by atoms with van der Waals surface area (Å²) in [7, 11) is 1.58. The molecular weight excluding hydrogens is 318 g/mol. The summed E-state index contributed by atoms with van der Waals surface area (Å²) >= 11 is 0. The van der Waals surface area contributed by atoms with Crippen LogP contribution < -0.4 is 10.6 Å². The molecule has 4 N–H and O–H groups in total. The first-order valence-electron chi connectivity index (χ1n) is 7.66. The van der Waals surface area contributed by atoms with Gasteiger partial charge in [-0.25, -0.2) is 9.97 Å². The predicted octanol–water partition coefficient (Wildman–Crippen LogP) is 2.45. The number of aromatic nitrogens is 5. The van der Waals surface area contributed by atoms with E-state index in [1.54, 1.807) is 31.7 Å². The smallest absolute Gasteiger partial charge is 0.267 e. The Morgan fingerprint density at radius 1 is 1.12 bits per heavy atom. The van der Waals surface area contributed by atoms with Crippen LogP contribution in [0.5, 0.6) is 0 Å². The minimum Gasteiger partial charge on any atom is -0.355 e. The third-order valence-electron chi connectivity index (χ3n) is 3.83. The second-order valence-corrected chi connectivity index (χ2v) is 5.46. The number of aromatic amines is 2. The standard InChI is InChI=1S/C17H15N7O/c1-18-16(25)15-5-13(9-19-15)23-17-20-6-11-3-2-10(4-14(11)24-17)12-7-21-22-8-12/h2-9,19H,1H3,(H,18,25)(H,21,22)(H,20,23,24). The molecule has 0 saturated heterocycles. The van der Waals surface area contributed by atoms with Crippen LogP contribution in [0.2, 0.25) is 0 Å². The fraction of sp³-hybridized carbons (Fsp3) is 0.0588. The molecule has 8 heteroatoms. The van der Waals surface area contributed by atoms with Crippen molar-refractivity contribution < 1.29 is 4.79 Å². The van der Waals surface area contributed by atoms with Gasteiger partial charge in [-0.15, -0.1) is 0 Å². The molecule has 0 fully saturated rings. The highest BCUT2D eigenvalue weighted by molar-refractivity contribution is 5.93. The molecule has 0 spiro atoms. The Balaban J connectivity index is 1.64. The van der Waals surface area contributed by atoms with Crippen LogP contribution in [0.15, 0.2) is 49.1 Å². The summed E-state index contributed by atoms with van der Waals surface area (Å²) in [6, 6.07) is 7.67. The van der Waals surface area contributed by atoms with Crippen molar-refractivity contribution in [2.45, 2.75) is 0 Å². The molecule has 0 atom stereocenters. The zero-order valence-electron chi connectivity index (χ0n) is 13.4. The van der Waals surface area contributed by atoms with Gasteiger partial charge in [-0.05, 0) is 17.7 Å². The maximum atomic E-state index is 11.6. The molecule has 0 aliphatic carbocycles. The summed E-state index contributed by atoms with van der Waals surface area (Å²) in [6.45, 7) is 0. The number of fused-ring (bicyclic) bond motifs is 1. The largest absolute Gasteiger partial charge is 0.355 e. The molecule has 0 radical (unpaired) electrons. The molecule has 4 rings (SSSR count). The number of rotatable bonds is 4. The highest BCUT2D eigenvalue weighted by Crippen LogP contribution is 2.23. The third kappa shape index (κ3) is 2.92. The lowest BCUT2D eigenvalue weighted by Crippen LogP contribution is -2.17. The van der Waals surface area contributed by atoms with E-state index >= 15 is 0 Å². The Hall–Kier alpha value is -3.68. The first kappa shape index (κ1) is 14.9. The Morgan fingerprint density at radius 2 is 2.04 bits per heavy atom. The molecule has 4 aromatic rings. The van der Waals surface area contributed by atoms with Crippen LogP contribution in [-0.2, 0) is 0 Å². The fourth-order valence-electron chi connectivity index (χ4n) is 2.53. The average Bonchev–Trinajstić information content (AvgIpc) is 3.32. The third-order valence-corrected chi connectivity index (χ3v) is 3.83. The van der Waals surface area contributed by atoms with Gasteiger partial charge in [0.05, 0.1) is 17.4 Å². The Labute approximate surface area is 142 Å². The van der Waals surface area contributed by atoms with Crippen molar-refractivity contribution in [3.8, 4) is 11.1 Å². The first-order chi connectivity index (χ1) is 12.2. The minimum atomic E-state index is -0.183. The molecule has 0 saturated carbocycles. The molecule has 1 aromatic carbocycles. The predicted molar refractivity (Wildman–Crippen MR) is 94.6 cm³/mol. The number of hydrogen-bond acceptors (Lipinski definition) is 5. The van der Waals surface area contributed by atoms with Crippen molar-refractivity contribution in [2.75, 3.05) is 12.4 Å². The molecule has 0 aliphatic rings. The van der Waals surface area contributed by atoms with Gasteiger partial charge >= 0.3 is 0 Å². The van der Waals surface area contributed by atoms with Crippen LogP contribution in [0.3, 0.4) is 0 Å². The number of H-pyrrole nitrogens is 2. The van der Waals surface area contributed by atoms with Crippen LogP contribution in [-0.4, -0.2) is 38.1 Å². The van der Waals surface area contributed by atoms with Crippen LogP contribution in [0, 0.1) is 0 Å². The lowest BCUT2D eigenvalue weighted by molar-refractivity contribution is 0.0959. The Bertz CT molecular complexity index is 1040. The van der Waals surface area contributed by atoms with Gasteiger partial charge in [0.25, 0.3) is 5.91 Å². The van der Waals surface area contributed by atoms with Gasteiger partial charge in [0.1, 0.15) is 5.69 Å². The Kier molecular flexibility index (Phi) is 3.62. The number of hydrogen-bond donors (Lipinski definition) is 4. The van der Waals surface area contributed by atoms with E-state index in [1.165, 1.54) is 0 Å². The zero-order valence-corrected chi connectivity index (χ0v) is 13.4. The number of anilines is 2. The second-order valence-electron chi connectivity index (χ2n) is 5.46. The highest BCUT2D eigenvalue weighted by atomic mass is 16.1. The van der Waals surface area contributed by atoms with E-state index in [9.17, 15) is 4.79 Å². The maximum Gasteiger partial charge on any atom is 0.267 e. The van der Waals surface area contributed by atoms with Crippen molar-refractivity contribution in [1.82, 2.24) is 30.5 Å². The maximum absolute atomic E-state index is 11.6. The molecule has 3 aromatic heterocycles. The monoisotopic (exact) mass is 333 g/mol. The topological polar surface area (TPSA) is 111 Å². The first-order valence-corrected chi connectivity index (χ1v) is 7.66. The van der Waals surface area contributed by atoms with Crippen molar-refractivity contribution >= 4 is 28.4 Å². The van der Waals surface area contributed by atoms with E-state index < -0.39 is 0 Å². The van der Waals surface area contributed by atoms with Gasteiger partial charge in [0, 0.05) is 36.6 Å². The Morgan fingerprint density at radius 3 is 2.84 bits per heavy atom. The lowest BCUT2D eigenvalue weighted by Gasteiger charge is -2.05. The minimum absolute atomic E-state index is 0.183. The van der Waals surface area contributed by atoms with Crippen LogP contribution in [0.1, 0.15) is 10.5 Å². The van der Waals surface area contributed by atoms with Gasteiger partial charge in [-0.3, -0.25) is 9.89 Å². The molecule has 124 valence electrons. The quantitative estimate of drug-likeness (QED) is 0.458. The lowest BCUT2D eigenvalue weighted by atomic mass is 10.1. The zero-order chi connectivity index (χ0) is 17.2. The number of benzene rings is 1. The average molecular weight is 333 g/mol. The van der Waals surface area contributed by atoms with Gasteiger partial charge in [0.15, 0.2) is 0 Å². The van der Waals surface area contributed by atoms with Crippen molar-refractivity contribution in [2.24, 2.45) is 0 Å². The fourth-order valence-corrected chi connectivity index (χ4v) is 2.53. The van der Waals surface area contributed by atoms with E-state index in [0.717, 1.165) is 22.0 Å². The van der Waals surface area contributed by atoms with Crippen molar-refractivity contribution in [1.29, 1.82) is 0 Å². The normalized spacial score (nSPS) is 10.8.